The zero-order valence-corrected chi connectivity index (χ0v) is 34.0. The molecule has 10 heteroatoms. The summed E-state index contributed by atoms with van der Waals surface area (Å²) in [6.45, 7) is 2.24. The van der Waals surface area contributed by atoms with Crippen molar-refractivity contribution in [1.82, 2.24) is 5.01 Å². The number of carbonyl (C=O) groups is 4. The van der Waals surface area contributed by atoms with Gasteiger partial charge in [0.15, 0.2) is 0 Å². The molecule has 10 rings (SSSR count). The second kappa shape index (κ2) is 15.5. The molecule has 62 heavy (non-hydrogen) atoms. The van der Waals surface area contributed by atoms with Crippen molar-refractivity contribution >= 4 is 46.4 Å². The summed E-state index contributed by atoms with van der Waals surface area (Å²) in [5.41, 5.74) is 8.12. The van der Waals surface area contributed by atoms with Gasteiger partial charge in [0.2, 0.25) is 11.8 Å². The fraction of sp³-hybridized carbons (Fsp3) is 0.192. The molecule has 0 bridgehead atoms. The Bertz CT molecular complexity index is 2720. The van der Waals surface area contributed by atoms with Gasteiger partial charge in [0.05, 0.1) is 34.5 Å². The number of carbonyl (C=O) groups excluding carboxylic acids is 4. The third-order valence-electron chi connectivity index (χ3n) is 13.1. The van der Waals surface area contributed by atoms with E-state index < -0.39 is 46.8 Å². The topological polar surface area (TPSA) is 128 Å². The maximum absolute atomic E-state index is 15.5. The van der Waals surface area contributed by atoms with Crippen molar-refractivity contribution in [2.75, 3.05) is 15.6 Å². The molecule has 2 heterocycles. The number of benzene rings is 6. The van der Waals surface area contributed by atoms with Crippen LogP contribution >= 0.6 is 0 Å². The van der Waals surface area contributed by atoms with Crippen molar-refractivity contribution in [3.63, 3.8) is 0 Å². The number of hydrazine groups is 1. The molecule has 3 N–H and O–H groups in total. The first-order valence-electron chi connectivity index (χ1n) is 21.0. The average Bonchev–Trinajstić information content (AvgIpc) is 3.68. The molecule has 3 fully saturated rings. The molecule has 6 aromatic rings. The molecule has 2 aliphatic heterocycles. The van der Waals surface area contributed by atoms with Gasteiger partial charge >= 0.3 is 0 Å². The van der Waals surface area contributed by atoms with Gasteiger partial charge in [-0.2, -0.15) is 5.01 Å². The van der Waals surface area contributed by atoms with E-state index in [2.05, 4.69) is 10.7 Å². The Morgan fingerprint density at radius 3 is 2.03 bits per heavy atom. The van der Waals surface area contributed by atoms with Gasteiger partial charge < -0.3 is 15.2 Å². The Hall–Kier alpha value is -7.46. The molecule has 0 spiro atoms. The summed E-state index contributed by atoms with van der Waals surface area (Å²) in [5.74, 6) is -5.13. The Balaban J connectivity index is 1.07. The number of aromatic hydroxyl groups is 1. The van der Waals surface area contributed by atoms with Crippen LogP contribution in [0.1, 0.15) is 41.0 Å². The van der Waals surface area contributed by atoms with Crippen LogP contribution in [0.3, 0.4) is 0 Å². The summed E-state index contributed by atoms with van der Waals surface area (Å²) in [7, 11) is 0. The highest BCUT2D eigenvalue weighted by atomic mass is 16.5. The van der Waals surface area contributed by atoms with Gasteiger partial charge in [-0.25, -0.2) is 0 Å². The first kappa shape index (κ1) is 38.7. The number of amides is 4. The SMILES string of the molecule is Cc1ccc(NN2C(=O)C3CC4C(=CCC5C(=O)N(c6ccc(Nc7ccccc7)cc6)C(=O)C54)C(c4ccc(OCc5ccccc5)cc4O)C3(c3ccccc3)C2=O)cc1. The van der Waals surface area contributed by atoms with E-state index in [0.717, 1.165) is 33.1 Å². The van der Waals surface area contributed by atoms with Crippen molar-refractivity contribution in [3.05, 3.63) is 192 Å². The van der Waals surface area contributed by atoms with E-state index in [4.69, 9.17) is 4.74 Å². The molecule has 308 valence electrons. The van der Waals surface area contributed by atoms with Crippen molar-refractivity contribution in [2.24, 2.45) is 23.7 Å². The van der Waals surface area contributed by atoms with Gasteiger partial charge in [0.1, 0.15) is 18.1 Å². The first-order valence-corrected chi connectivity index (χ1v) is 21.0. The molecule has 0 radical (unpaired) electrons. The third kappa shape index (κ3) is 6.41. The summed E-state index contributed by atoms with van der Waals surface area (Å²) in [6.07, 6.45) is 2.39. The largest absolute Gasteiger partial charge is 0.508 e. The zero-order chi connectivity index (χ0) is 42.5. The van der Waals surface area contributed by atoms with E-state index in [1.165, 1.54) is 4.90 Å². The normalized spacial score (nSPS) is 24.0. The molecule has 6 atom stereocenters. The quantitative estimate of drug-likeness (QED) is 0.0923. The van der Waals surface area contributed by atoms with Crippen molar-refractivity contribution in [1.29, 1.82) is 0 Å². The van der Waals surface area contributed by atoms with E-state index in [1.807, 2.05) is 140 Å². The number of nitrogens with one attached hydrogen (secondary N) is 2. The third-order valence-corrected chi connectivity index (χ3v) is 13.1. The number of fused-ring (bicyclic) bond motifs is 4. The predicted octanol–water partition coefficient (Wildman–Crippen LogP) is 9.21. The highest BCUT2D eigenvalue weighted by molar-refractivity contribution is 6.22. The molecule has 6 unspecified atom stereocenters. The van der Waals surface area contributed by atoms with Crippen LogP contribution in [0.15, 0.2) is 169 Å². The second-order valence-electron chi connectivity index (χ2n) is 16.6. The van der Waals surface area contributed by atoms with Gasteiger partial charge in [0.25, 0.3) is 11.8 Å². The van der Waals surface area contributed by atoms with Crippen LogP contribution in [0.2, 0.25) is 0 Å². The minimum Gasteiger partial charge on any atom is -0.508 e. The van der Waals surface area contributed by atoms with Crippen LogP contribution in [0.4, 0.5) is 22.7 Å². The van der Waals surface area contributed by atoms with Crippen LogP contribution < -0.4 is 20.4 Å². The number of rotatable bonds is 10. The molecule has 6 aromatic carbocycles. The smallest absolute Gasteiger partial charge is 0.260 e. The zero-order valence-electron chi connectivity index (χ0n) is 34.0. The lowest BCUT2D eigenvalue weighted by Gasteiger charge is -2.50. The van der Waals surface area contributed by atoms with Gasteiger partial charge in [-0.3, -0.25) is 29.5 Å². The van der Waals surface area contributed by atoms with Gasteiger partial charge in [-0.05, 0) is 91.4 Å². The number of imide groups is 2. The first-order chi connectivity index (χ1) is 30.2. The average molecular weight is 821 g/mol. The lowest BCUT2D eigenvalue weighted by molar-refractivity contribution is -0.138. The lowest BCUT2D eigenvalue weighted by atomic mass is 9.49. The standard InChI is InChI=1S/C52H44N4O6/c1-32-17-19-37(20-18-32)54-56-49(59)44-30-43-40(27-28-42-46(43)50(60)55(48(42)58)38-23-21-36(22-24-38)53-35-15-9-4-10-16-35)47(52(44,51(56)61)34-13-7-3-8-14-34)41-26-25-39(29-45(41)57)62-31-33-11-5-2-6-12-33/h2-27,29,42-44,46-47,53-54,57H,28,30-31H2,1H3. The van der Waals surface area contributed by atoms with Crippen LogP contribution in [0, 0.1) is 30.6 Å². The van der Waals surface area contributed by atoms with Gasteiger partial charge in [-0.1, -0.05) is 114 Å². The number of allylic oxidation sites excluding steroid dienone is 2. The summed E-state index contributed by atoms with van der Waals surface area (Å²) in [4.78, 5) is 61.1. The number of phenolic OH excluding ortho intramolecular Hbond substituents is 1. The second-order valence-corrected chi connectivity index (χ2v) is 16.6. The number of ether oxygens (including phenoxy) is 1. The fourth-order valence-corrected chi connectivity index (χ4v) is 10.3. The molecule has 0 aromatic heterocycles. The molecule has 2 saturated heterocycles. The Morgan fingerprint density at radius 2 is 1.34 bits per heavy atom. The minimum absolute atomic E-state index is 0.108. The molecule has 4 amide bonds. The van der Waals surface area contributed by atoms with Gasteiger partial charge in [-0.15, -0.1) is 0 Å². The molecule has 2 aliphatic carbocycles. The maximum atomic E-state index is 15.5. The van der Waals surface area contributed by atoms with E-state index in [9.17, 15) is 14.7 Å². The molecule has 4 aliphatic rings. The highest BCUT2D eigenvalue weighted by Crippen LogP contribution is 2.65. The van der Waals surface area contributed by atoms with Crippen LogP contribution in [0.5, 0.6) is 11.5 Å². The van der Waals surface area contributed by atoms with E-state index in [-0.39, 0.29) is 37.0 Å². The minimum atomic E-state index is -1.53. The molecule has 10 nitrogen and oxygen atoms in total. The number of aryl methyl sites for hydroxylation is 1. The molecule has 1 saturated carbocycles. The lowest BCUT2D eigenvalue weighted by Crippen LogP contribution is -2.53. The summed E-state index contributed by atoms with van der Waals surface area (Å²) < 4.78 is 6.12. The number of hydrogen-bond donors (Lipinski definition) is 3. The van der Waals surface area contributed by atoms with E-state index in [0.29, 0.717) is 28.3 Å². The predicted molar refractivity (Wildman–Crippen MR) is 236 cm³/mol. The summed E-state index contributed by atoms with van der Waals surface area (Å²) in [5, 5.41) is 16.6. The van der Waals surface area contributed by atoms with E-state index in [1.54, 1.807) is 30.3 Å². The van der Waals surface area contributed by atoms with Crippen LogP contribution in [0.25, 0.3) is 0 Å². The van der Waals surface area contributed by atoms with Gasteiger partial charge in [0, 0.05) is 28.9 Å². The maximum Gasteiger partial charge on any atom is 0.260 e. The Kier molecular flexibility index (Phi) is 9.70. The summed E-state index contributed by atoms with van der Waals surface area (Å²) >= 11 is 0. The monoisotopic (exact) mass is 820 g/mol. The van der Waals surface area contributed by atoms with Crippen LogP contribution in [-0.4, -0.2) is 33.7 Å². The highest BCUT2D eigenvalue weighted by Gasteiger charge is 2.70. The van der Waals surface area contributed by atoms with E-state index >= 15 is 9.59 Å². The Morgan fingerprint density at radius 1 is 0.694 bits per heavy atom. The van der Waals surface area contributed by atoms with Crippen molar-refractivity contribution in [2.45, 2.75) is 37.7 Å². The number of para-hydroxylation sites is 1. The fourth-order valence-electron chi connectivity index (χ4n) is 10.3. The van der Waals surface area contributed by atoms with Crippen molar-refractivity contribution in [3.8, 4) is 11.5 Å². The number of anilines is 4. The van der Waals surface area contributed by atoms with Crippen molar-refractivity contribution < 1.29 is 29.0 Å². The number of phenols is 1. The van der Waals surface area contributed by atoms with Crippen LogP contribution in [-0.2, 0) is 31.2 Å². The molecular weight excluding hydrogens is 777 g/mol. The Labute approximate surface area is 359 Å². The number of hydrogen-bond acceptors (Lipinski definition) is 8. The number of nitrogens with zero attached hydrogens (tertiary/aromatic N) is 2. The summed E-state index contributed by atoms with van der Waals surface area (Å²) in [6, 6.07) is 48.5. The molecular formula is C52H44N4O6.